The van der Waals surface area contributed by atoms with Crippen molar-refractivity contribution in [2.45, 2.75) is 13.1 Å². The summed E-state index contributed by atoms with van der Waals surface area (Å²) >= 11 is 0. The average molecular weight is 489 g/mol. The third kappa shape index (κ3) is 6.16. The van der Waals surface area contributed by atoms with Crippen LogP contribution >= 0.6 is 24.0 Å². The van der Waals surface area contributed by atoms with Crippen LogP contribution in [0.5, 0.6) is 17.2 Å². The van der Waals surface area contributed by atoms with E-state index in [1.165, 1.54) is 12.1 Å². The molecule has 0 amide bonds. The van der Waals surface area contributed by atoms with Gasteiger partial charge >= 0.3 is 0 Å². The van der Waals surface area contributed by atoms with Gasteiger partial charge in [-0.15, -0.1) is 24.0 Å². The molecule has 8 heteroatoms. The van der Waals surface area contributed by atoms with Crippen LogP contribution in [-0.2, 0) is 13.1 Å². The molecule has 2 N–H and O–H groups in total. The largest absolute Gasteiger partial charge is 0.505 e. The Hall–Kier alpha value is -2.23. The summed E-state index contributed by atoms with van der Waals surface area (Å²) in [5.74, 6) is 1.10. The van der Waals surface area contributed by atoms with E-state index < -0.39 is 5.82 Å². The van der Waals surface area contributed by atoms with Gasteiger partial charge in [-0.1, -0.05) is 6.07 Å². The monoisotopic (exact) mass is 489 g/mol. The number of hydrogen-bond acceptors (Lipinski definition) is 4. The molecule has 27 heavy (non-hydrogen) atoms. The molecule has 2 rings (SSSR count). The van der Waals surface area contributed by atoms with Gasteiger partial charge in [0.1, 0.15) is 11.5 Å². The number of benzene rings is 2. The lowest BCUT2D eigenvalue weighted by Crippen LogP contribution is -2.38. The smallest absolute Gasteiger partial charge is 0.193 e. The highest BCUT2D eigenvalue weighted by Crippen LogP contribution is 2.25. The topological polar surface area (TPSA) is 66.3 Å². The van der Waals surface area contributed by atoms with Crippen LogP contribution in [0.3, 0.4) is 0 Å². The fourth-order valence-electron chi connectivity index (χ4n) is 2.54. The van der Waals surface area contributed by atoms with Gasteiger partial charge in [0.25, 0.3) is 0 Å². The molecule has 2 aromatic rings. The molecule has 0 saturated carbocycles. The molecule has 148 valence electrons. The van der Waals surface area contributed by atoms with Crippen LogP contribution in [0.1, 0.15) is 11.1 Å². The zero-order valence-corrected chi connectivity index (χ0v) is 18.2. The minimum absolute atomic E-state index is 0. The van der Waals surface area contributed by atoms with Crippen molar-refractivity contribution < 1.29 is 19.0 Å². The molecule has 6 nitrogen and oxygen atoms in total. The molecule has 0 fully saturated rings. The van der Waals surface area contributed by atoms with E-state index in [4.69, 9.17) is 9.47 Å². The third-order valence-corrected chi connectivity index (χ3v) is 3.94. The molecule has 0 aliphatic heterocycles. The van der Waals surface area contributed by atoms with E-state index in [1.54, 1.807) is 27.3 Å². The molecule has 0 aromatic heterocycles. The Balaban J connectivity index is 0.00000364. The highest BCUT2D eigenvalue weighted by Gasteiger charge is 2.11. The van der Waals surface area contributed by atoms with Gasteiger partial charge in [0, 0.05) is 38.8 Å². The van der Waals surface area contributed by atoms with Crippen LogP contribution in [0.2, 0.25) is 0 Å². The molecule has 0 unspecified atom stereocenters. The van der Waals surface area contributed by atoms with E-state index in [0.29, 0.717) is 24.6 Å². The maximum atomic E-state index is 13.4. The Labute approximate surface area is 176 Å². The molecule has 0 saturated heterocycles. The number of phenolic OH excluding ortho intramolecular Hbond substituents is 1. The van der Waals surface area contributed by atoms with Crippen LogP contribution in [0.15, 0.2) is 41.4 Å². The predicted octanol–water partition coefficient (Wildman–Crippen LogP) is 3.37. The van der Waals surface area contributed by atoms with Crippen LogP contribution in [0.4, 0.5) is 4.39 Å². The first-order valence-electron chi connectivity index (χ1n) is 8.08. The minimum atomic E-state index is -0.643. The second-order valence-corrected chi connectivity index (χ2v) is 5.72. The number of rotatable bonds is 6. The minimum Gasteiger partial charge on any atom is -0.505 e. The van der Waals surface area contributed by atoms with Gasteiger partial charge in [0.2, 0.25) is 0 Å². The van der Waals surface area contributed by atoms with E-state index in [1.807, 2.05) is 30.1 Å². The third-order valence-electron chi connectivity index (χ3n) is 3.94. The number of ether oxygens (including phenoxy) is 2. The highest BCUT2D eigenvalue weighted by atomic mass is 127. The number of guanidine groups is 1. The quantitative estimate of drug-likeness (QED) is 0.370. The van der Waals surface area contributed by atoms with E-state index in [2.05, 4.69) is 10.3 Å². The highest BCUT2D eigenvalue weighted by molar-refractivity contribution is 14.0. The van der Waals surface area contributed by atoms with Crippen molar-refractivity contribution in [2.24, 2.45) is 4.99 Å². The molecule has 0 spiro atoms. The van der Waals surface area contributed by atoms with Crippen LogP contribution in [-0.4, -0.2) is 44.3 Å². The zero-order chi connectivity index (χ0) is 19.1. The number of nitrogens with one attached hydrogen (secondary N) is 1. The van der Waals surface area contributed by atoms with Gasteiger partial charge in [0.05, 0.1) is 14.2 Å². The Bertz CT molecular complexity index is 787. The summed E-state index contributed by atoms with van der Waals surface area (Å²) in [6, 6.07) is 9.94. The second-order valence-electron chi connectivity index (χ2n) is 5.72. The number of halogens is 2. The average Bonchev–Trinajstić information content (AvgIpc) is 2.65. The van der Waals surface area contributed by atoms with Gasteiger partial charge in [-0.3, -0.25) is 4.99 Å². The molecule has 2 aromatic carbocycles. The van der Waals surface area contributed by atoms with Crippen LogP contribution < -0.4 is 14.8 Å². The van der Waals surface area contributed by atoms with Crippen molar-refractivity contribution in [3.8, 4) is 17.2 Å². The van der Waals surface area contributed by atoms with Gasteiger partial charge in [-0.05, 0) is 29.8 Å². The van der Waals surface area contributed by atoms with Crippen molar-refractivity contribution in [3.63, 3.8) is 0 Å². The van der Waals surface area contributed by atoms with Gasteiger partial charge in [-0.2, -0.15) is 0 Å². The van der Waals surface area contributed by atoms with Crippen molar-refractivity contribution >= 4 is 29.9 Å². The number of aliphatic imine (C=N–C) groups is 1. The van der Waals surface area contributed by atoms with Crippen molar-refractivity contribution in [2.75, 3.05) is 28.3 Å². The van der Waals surface area contributed by atoms with Crippen molar-refractivity contribution in [1.29, 1.82) is 0 Å². The molecule has 0 radical (unpaired) electrons. The molecular weight excluding hydrogens is 464 g/mol. The normalized spacial score (nSPS) is 10.8. The molecule has 0 atom stereocenters. The number of nitrogens with zero attached hydrogens (tertiary/aromatic N) is 2. The first-order valence-corrected chi connectivity index (χ1v) is 8.08. The standard InChI is InChI=1S/C19H24FN3O3.HI/c1-21-19(22-11-13-5-8-17(24)16(20)9-13)23(2)12-14-6-7-15(25-3)10-18(14)26-4;/h5-10,24H,11-12H2,1-4H3,(H,21,22);1H. The lowest BCUT2D eigenvalue weighted by molar-refractivity contribution is 0.382. The van der Waals surface area contributed by atoms with Crippen molar-refractivity contribution in [1.82, 2.24) is 10.2 Å². The molecule has 0 heterocycles. The maximum Gasteiger partial charge on any atom is 0.193 e. The Morgan fingerprint density at radius 1 is 1.19 bits per heavy atom. The lowest BCUT2D eigenvalue weighted by Gasteiger charge is -2.23. The second kappa shape index (κ2) is 10.8. The molecule has 0 aliphatic carbocycles. The number of methoxy groups -OCH3 is 2. The lowest BCUT2D eigenvalue weighted by atomic mass is 10.2. The number of hydrogen-bond donors (Lipinski definition) is 2. The predicted molar refractivity (Wildman–Crippen MR) is 115 cm³/mol. The molecular formula is C19H25FIN3O3. The molecule has 0 bridgehead atoms. The van der Waals surface area contributed by atoms with Crippen LogP contribution in [0, 0.1) is 5.82 Å². The maximum absolute atomic E-state index is 13.4. The fraction of sp³-hybridized carbons (Fsp3) is 0.316. The number of aromatic hydroxyl groups is 1. The van der Waals surface area contributed by atoms with E-state index in [-0.39, 0.29) is 29.7 Å². The van der Waals surface area contributed by atoms with Gasteiger partial charge in [-0.25, -0.2) is 4.39 Å². The SMILES string of the molecule is CN=C(NCc1ccc(O)c(F)c1)N(C)Cc1ccc(OC)cc1OC.I. The van der Waals surface area contributed by atoms with E-state index in [0.717, 1.165) is 17.1 Å². The Morgan fingerprint density at radius 2 is 1.93 bits per heavy atom. The summed E-state index contributed by atoms with van der Waals surface area (Å²) in [6.45, 7) is 0.949. The first kappa shape index (κ1) is 22.8. The summed E-state index contributed by atoms with van der Waals surface area (Å²) in [5.41, 5.74) is 1.69. The van der Waals surface area contributed by atoms with Gasteiger partial charge < -0.3 is 24.8 Å². The van der Waals surface area contributed by atoms with E-state index in [9.17, 15) is 9.50 Å². The summed E-state index contributed by atoms with van der Waals surface area (Å²) in [5, 5.41) is 12.4. The number of phenols is 1. The summed E-state index contributed by atoms with van der Waals surface area (Å²) in [6.07, 6.45) is 0. The summed E-state index contributed by atoms with van der Waals surface area (Å²) < 4.78 is 24.1. The fourth-order valence-corrected chi connectivity index (χ4v) is 2.54. The summed E-state index contributed by atoms with van der Waals surface area (Å²) in [4.78, 5) is 6.18. The van der Waals surface area contributed by atoms with Crippen molar-refractivity contribution in [3.05, 3.63) is 53.3 Å². The zero-order valence-electron chi connectivity index (χ0n) is 15.8. The van der Waals surface area contributed by atoms with Gasteiger partial charge in [0.15, 0.2) is 17.5 Å². The Kier molecular flexibility index (Phi) is 9.13. The Morgan fingerprint density at radius 3 is 2.52 bits per heavy atom. The molecule has 0 aliphatic rings. The summed E-state index contributed by atoms with van der Waals surface area (Å²) in [7, 11) is 6.81. The van der Waals surface area contributed by atoms with E-state index >= 15 is 0 Å². The first-order chi connectivity index (χ1) is 12.5. The van der Waals surface area contributed by atoms with Crippen LogP contribution in [0.25, 0.3) is 0 Å².